The maximum atomic E-state index is 11.3. The Morgan fingerprint density at radius 3 is 2.47 bits per heavy atom. The highest BCUT2D eigenvalue weighted by atomic mass is 17.5. The Kier molecular flexibility index (Phi) is 8.29. The van der Waals surface area contributed by atoms with E-state index >= 15 is 0 Å². The lowest BCUT2D eigenvalue weighted by molar-refractivity contribution is -0.460. The molecule has 0 radical (unpaired) electrons. The van der Waals surface area contributed by atoms with Gasteiger partial charge in [0.15, 0.2) is 0 Å². The summed E-state index contributed by atoms with van der Waals surface area (Å²) < 4.78 is 0. The van der Waals surface area contributed by atoms with E-state index < -0.39 is 24.0 Å². The summed E-state index contributed by atoms with van der Waals surface area (Å²) in [6, 6.07) is 0. The van der Waals surface area contributed by atoms with Crippen molar-refractivity contribution < 1.29 is 34.6 Å². The molecule has 0 rings (SSSR count). The van der Waals surface area contributed by atoms with Gasteiger partial charge in [-0.3, -0.25) is 9.78 Å². The van der Waals surface area contributed by atoms with Crippen LogP contribution in [0, 0.1) is 5.92 Å². The molecule has 0 heterocycles. The van der Waals surface area contributed by atoms with Crippen LogP contribution in [0.4, 0.5) is 0 Å². The molecule has 0 bridgehead atoms. The molecule has 17 heavy (non-hydrogen) atoms. The van der Waals surface area contributed by atoms with Crippen molar-refractivity contribution in [3.8, 4) is 0 Å². The van der Waals surface area contributed by atoms with E-state index in [2.05, 4.69) is 14.8 Å². The van der Waals surface area contributed by atoms with Crippen LogP contribution >= 0.6 is 0 Å². The molecule has 7 heteroatoms. The van der Waals surface area contributed by atoms with Gasteiger partial charge in [-0.15, -0.1) is 0 Å². The van der Waals surface area contributed by atoms with Crippen LogP contribution in [-0.4, -0.2) is 34.9 Å². The first kappa shape index (κ1) is 15.8. The summed E-state index contributed by atoms with van der Waals surface area (Å²) in [4.78, 5) is 30.1. The van der Waals surface area contributed by atoms with Crippen LogP contribution in [0.1, 0.15) is 33.1 Å². The van der Waals surface area contributed by atoms with Crippen LogP contribution in [0.15, 0.2) is 0 Å². The van der Waals surface area contributed by atoms with Crippen molar-refractivity contribution in [2.45, 2.75) is 39.2 Å². The van der Waals surface area contributed by atoms with Gasteiger partial charge in [-0.05, 0) is 19.8 Å². The third kappa shape index (κ3) is 6.88. The van der Waals surface area contributed by atoms with Crippen LogP contribution < -0.4 is 0 Å². The number of aliphatic hydroxyl groups is 2. The minimum absolute atomic E-state index is 0.0660. The highest BCUT2D eigenvalue weighted by Gasteiger charge is 2.24. The van der Waals surface area contributed by atoms with E-state index in [0.29, 0.717) is 6.42 Å². The molecule has 0 aliphatic rings. The van der Waals surface area contributed by atoms with E-state index in [-0.39, 0.29) is 19.4 Å². The second-order valence-corrected chi connectivity index (χ2v) is 3.50. The van der Waals surface area contributed by atoms with Crippen LogP contribution in [0.2, 0.25) is 0 Å². The van der Waals surface area contributed by atoms with Crippen LogP contribution in [0.3, 0.4) is 0 Å². The lowest BCUT2D eigenvalue weighted by Crippen LogP contribution is -2.28. The molecular weight excluding hydrogens is 232 g/mol. The molecule has 0 aromatic carbocycles. The van der Waals surface area contributed by atoms with Gasteiger partial charge in [0.05, 0.1) is 12.0 Å². The van der Waals surface area contributed by atoms with E-state index in [9.17, 15) is 14.7 Å². The molecule has 7 nitrogen and oxygen atoms in total. The SMILES string of the molecule is CCC(=O)OOOC(=O)C(C)C(O)CCCO. The lowest BCUT2D eigenvalue weighted by atomic mass is 10.0. The largest absolute Gasteiger partial charge is 0.396 e. The zero-order valence-corrected chi connectivity index (χ0v) is 9.92. The van der Waals surface area contributed by atoms with Gasteiger partial charge in [0.25, 0.3) is 0 Å². The summed E-state index contributed by atoms with van der Waals surface area (Å²) in [6.07, 6.45) is -0.210. The number of hydrogen-bond acceptors (Lipinski definition) is 7. The zero-order chi connectivity index (χ0) is 13.3. The molecule has 0 fully saturated rings. The second kappa shape index (κ2) is 8.91. The standard InChI is InChI=1S/C10H18O7/c1-3-9(13)15-17-16-10(14)7(2)8(12)5-4-6-11/h7-8,11-12H,3-6H2,1-2H3. The summed E-state index contributed by atoms with van der Waals surface area (Å²) in [6.45, 7) is 2.92. The maximum Gasteiger partial charge on any atom is 0.352 e. The third-order valence-electron chi connectivity index (χ3n) is 2.14. The Bertz CT molecular complexity index is 241. The fourth-order valence-corrected chi connectivity index (χ4v) is 0.931. The number of carbonyl (C=O) groups is 2. The van der Waals surface area contributed by atoms with Gasteiger partial charge in [0, 0.05) is 18.1 Å². The van der Waals surface area contributed by atoms with Crippen molar-refractivity contribution in [1.29, 1.82) is 0 Å². The van der Waals surface area contributed by atoms with E-state index in [1.54, 1.807) is 6.92 Å². The van der Waals surface area contributed by atoms with E-state index in [1.165, 1.54) is 6.92 Å². The number of hydrogen-bond donors (Lipinski definition) is 2. The summed E-state index contributed by atoms with van der Waals surface area (Å²) in [5.41, 5.74) is 0. The van der Waals surface area contributed by atoms with Crippen LogP contribution in [-0.2, 0) is 24.4 Å². The second-order valence-electron chi connectivity index (χ2n) is 3.50. The topological polar surface area (TPSA) is 102 Å². The molecule has 0 saturated carbocycles. The Morgan fingerprint density at radius 2 is 1.94 bits per heavy atom. The molecule has 2 atom stereocenters. The molecule has 0 aromatic rings. The molecule has 2 unspecified atom stereocenters. The van der Waals surface area contributed by atoms with Gasteiger partial charge >= 0.3 is 11.9 Å². The minimum atomic E-state index is -0.944. The normalized spacial score (nSPS) is 13.9. The summed E-state index contributed by atoms with van der Waals surface area (Å²) in [5.74, 6) is -2.35. The molecule has 100 valence electrons. The summed E-state index contributed by atoms with van der Waals surface area (Å²) in [5, 5.41) is 22.0. The maximum absolute atomic E-state index is 11.3. The Labute approximate surface area is 99.1 Å². The lowest BCUT2D eigenvalue weighted by Gasteiger charge is -2.15. The average molecular weight is 250 g/mol. The van der Waals surface area contributed by atoms with Gasteiger partial charge < -0.3 is 10.2 Å². The molecule has 2 N–H and O–H groups in total. The smallest absolute Gasteiger partial charge is 0.352 e. The number of carbonyl (C=O) groups excluding carboxylic acids is 2. The molecule has 0 aliphatic carbocycles. The van der Waals surface area contributed by atoms with Crippen molar-refractivity contribution in [2.75, 3.05) is 6.61 Å². The van der Waals surface area contributed by atoms with Crippen molar-refractivity contribution in [2.24, 2.45) is 5.92 Å². The monoisotopic (exact) mass is 250 g/mol. The van der Waals surface area contributed by atoms with Crippen molar-refractivity contribution in [3.05, 3.63) is 0 Å². The Morgan fingerprint density at radius 1 is 1.29 bits per heavy atom. The quantitative estimate of drug-likeness (QED) is 0.465. The van der Waals surface area contributed by atoms with Crippen molar-refractivity contribution in [3.63, 3.8) is 0 Å². The number of rotatable bonds is 8. The van der Waals surface area contributed by atoms with Gasteiger partial charge in [0.1, 0.15) is 0 Å². The van der Waals surface area contributed by atoms with E-state index in [4.69, 9.17) is 5.11 Å². The molecule has 0 aliphatic heterocycles. The highest BCUT2D eigenvalue weighted by Crippen LogP contribution is 2.11. The van der Waals surface area contributed by atoms with Crippen molar-refractivity contribution >= 4 is 11.9 Å². The summed E-state index contributed by atoms with van der Waals surface area (Å²) >= 11 is 0. The Balaban J connectivity index is 3.84. The predicted molar refractivity (Wildman–Crippen MR) is 55.1 cm³/mol. The minimum Gasteiger partial charge on any atom is -0.396 e. The Hall–Kier alpha value is -1.18. The van der Waals surface area contributed by atoms with Gasteiger partial charge in [-0.2, -0.15) is 0 Å². The predicted octanol–water partition coefficient (Wildman–Crippen LogP) is 0.0989. The third-order valence-corrected chi connectivity index (χ3v) is 2.14. The molecule has 0 amide bonds. The van der Waals surface area contributed by atoms with Gasteiger partial charge in [-0.25, -0.2) is 9.59 Å². The van der Waals surface area contributed by atoms with Gasteiger partial charge in [0.2, 0.25) is 0 Å². The van der Waals surface area contributed by atoms with Gasteiger partial charge in [-0.1, -0.05) is 6.92 Å². The molecular formula is C10H18O7. The highest BCUT2D eigenvalue weighted by molar-refractivity contribution is 5.72. The molecule has 0 saturated heterocycles. The van der Waals surface area contributed by atoms with Crippen molar-refractivity contribution in [1.82, 2.24) is 0 Å². The average Bonchev–Trinajstić information content (AvgIpc) is 2.34. The molecule has 0 spiro atoms. The first-order valence-corrected chi connectivity index (χ1v) is 5.39. The zero-order valence-electron chi connectivity index (χ0n) is 9.92. The van der Waals surface area contributed by atoms with Crippen LogP contribution in [0.25, 0.3) is 0 Å². The number of aliphatic hydroxyl groups excluding tert-OH is 2. The molecule has 0 aromatic heterocycles. The fourth-order valence-electron chi connectivity index (χ4n) is 0.931. The first-order valence-electron chi connectivity index (χ1n) is 5.39. The fraction of sp³-hybridized carbons (Fsp3) is 0.800. The van der Waals surface area contributed by atoms with E-state index in [1.807, 2.05) is 0 Å². The van der Waals surface area contributed by atoms with Crippen LogP contribution in [0.5, 0.6) is 0 Å². The van der Waals surface area contributed by atoms with E-state index in [0.717, 1.165) is 0 Å². The first-order chi connectivity index (χ1) is 8.02. The summed E-state index contributed by atoms with van der Waals surface area (Å²) in [7, 11) is 0.